The van der Waals surface area contributed by atoms with E-state index in [0.717, 1.165) is 12.2 Å². The van der Waals surface area contributed by atoms with Gasteiger partial charge in [-0.1, -0.05) is 6.92 Å². The van der Waals surface area contributed by atoms with Gasteiger partial charge in [0.2, 0.25) is 10.0 Å². The quantitative estimate of drug-likeness (QED) is 0.728. The number of sulfonamides is 1. The Morgan fingerprint density at radius 2 is 2.00 bits per heavy atom. The van der Waals surface area contributed by atoms with Gasteiger partial charge in [-0.25, -0.2) is 12.7 Å². The summed E-state index contributed by atoms with van der Waals surface area (Å²) in [5, 5.41) is -0.501. The van der Waals surface area contributed by atoms with E-state index < -0.39 is 15.3 Å². The summed E-state index contributed by atoms with van der Waals surface area (Å²) in [6.07, 6.45) is 2.81. The number of hydrogen-bond donors (Lipinski definition) is 1. The zero-order valence-electron chi connectivity index (χ0n) is 9.93. The molecule has 2 N–H and O–H groups in total. The lowest BCUT2D eigenvalue weighted by atomic mass is 10.3. The van der Waals surface area contributed by atoms with Gasteiger partial charge in [0, 0.05) is 25.4 Å². The van der Waals surface area contributed by atoms with E-state index in [-0.39, 0.29) is 12.6 Å². The first-order valence-electron chi connectivity index (χ1n) is 5.07. The average Bonchev–Trinajstić information content (AvgIpc) is 2.23. The van der Waals surface area contributed by atoms with Crippen molar-refractivity contribution in [1.82, 2.24) is 4.31 Å². The molecule has 0 amide bonds. The van der Waals surface area contributed by atoms with Gasteiger partial charge in [-0.3, -0.25) is 0 Å². The molecule has 0 aromatic heterocycles. The lowest BCUT2D eigenvalue weighted by molar-refractivity contribution is 0.380. The minimum Gasteiger partial charge on any atom is -0.329 e. The normalized spacial score (nSPS) is 16.7. The van der Waals surface area contributed by atoms with Crippen LogP contribution in [0.4, 0.5) is 0 Å². The van der Waals surface area contributed by atoms with Crippen LogP contribution in [0.15, 0.2) is 0 Å². The average molecular weight is 254 g/mol. The molecule has 92 valence electrons. The number of rotatable bonds is 7. The van der Waals surface area contributed by atoms with Crippen LogP contribution in [-0.2, 0) is 10.0 Å². The van der Waals surface area contributed by atoms with Crippen LogP contribution < -0.4 is 5.73 Å². The van der Waals surface area contributed by atoms with Crippen molar-refractivity contribution in [3.05, 3.63) is 0 Å². The Labute approximate surface area is 97.6 Å². The molecule has 0 saturated carbocycles. The smallest absolute Gasteiger partial charge is 0.217 e. The first-order valence-corrected chi connectivity index (χ1v) is 7.97. The van der Waals surface area contributed by atoms with E-state index in [1.807, 2.05) is 13.2 Å². The largest absolute Gasteiger partial charge is 0.329 e. The van der Waals surface area contributed by atoms with Gasteiger partial charge in [0.05, 0.1) is 5.25 Å². The standard InChI is InChI=1S/C9H22N2O2S2/c1-5-9(7-14-4)11(3)15(12,13)8(2)6-10/h8-9H,5-7,10H2,1-4H3. The lowest BCUT2D eigenvalue weighted by Gasteiger charge is -2.28. The monoisotopic (exact) mass is 254 g/mol. The van der Waals surface area contributed by atoms with Crippen LogP contribution in [0.25, 0.3) is 0 Å². The second-order valence-corrected chi connectivity index (χ2v) is 6.95. The lowest BCUT2D eigenvalue weighted by Crippen LogP contribution is -2.44. The van der Waals surface area contributed by atoms with E-state index in [1.54, 1.807) is 25.7 Å². The Kier molecular flexibility index (Phi) is 6.83. The molecule has 0 aromatic rings. The minimum atomic E-state index is -3.23. The van der Waals surface area contributed by atoms with Gasteiger partial charge < -0.3 is 5.73 Å². The molecule has 0 aliphatic rings. The third kappa shape index (κ3) is 3.94. The fourth-order valence-electron chi connectivity index (χ4n) is 1.29. The van der Waals surface area contributed by atoms with Crippen LogP contribution in [0.1, 0.15) is 20.3 Å². The Balaban J connectivity index is 4.73. The van der Waals surface area contributed by atoms with Gasteiger partial charge >= 0.3 is 0 Å². The van der Waals surface area contributed by atoms with Gasteiger partial charge in [0.1, 0.15) is 0 Å². The molecule has 6 heteroatoms. The predicted molar refractivity (Wildman–Crippen MR) is 67.7 cm³/mol. The summed E-state index contributed by atoms with van der Waals surface area (Å²) in [4.78, 5) is 0. The first kappa shape index (κ1) is 15.2. The van der Waals surface area contributed by atoms with Crippen LogP contribution >= 0.6 is 11.8 Å². The molecule has 15 heavy (non-hydrogen) atoms. The fraction of sp³-hybridized carbons (Fsp3) is 1.00. The molecule has 0 rings (SSSR count). The summed E-state index contributed by atoms with van der Waals surface area (Å²) in [7, 11) is -1.58. The Morgan fingerprint density at radius 3 is 2.33 bits per heavy atom. The molecule has 4 nitrogen and oxygen atoms in total. The number of nitrogens with zero attached hydrogens (tertiary/aromatic N) is 1. The number of nitrogens with two attached hydrogens (primary N) is 1. The molecule has 0 bridgehead atoms. The van der Waals surface area contributed by atoms with Crippen LogP contribution in [0.2, 0.25) is 0 Å². The third-order valence-electron chi connectivity index (χ3n) is 2.59. The molecule has 0 heterocycles. The summed E-state index contributed by atoms with van der Waals surface area (Å²) in [5.41, 5.74) is 5.40. The minimum absolute atomic E-state index is 0.0685. The van der Waals surface area contributed by atoms with Crippen molar-refractivity contribution in [3.63, 3.8) is 0 Å². The number of thioether (sulfide) groups is 1. The van der Waals surface area contributed by atoms with Crippen molar-refractivity contribution in [1.29, 1.82) is 0 Å². The third-order valence-corrected chi connectivity index (χ3v) is 5.61. The van der Waals surface area contributed by atoms with Crippen molar-refractivity contribution in [2.24, 2.45) is 5.73 Å². The van der Waals surface area contributed by atoms with Gasteiger partial charge in [-0.2, -0.15) is 11.8 Å². The molecule has 0 spiro atoms. The zero-order chi connectivity index (χ0) is 12.1. The Morgan fingerprint density at radius 1 is 1.47 bits per heavy atom. The van der Waals surface area contributed by atoms with E-state index in [4.69, 9.17) is 5.73 Å². The van der Waals surface area contributed by atoms with Gasteiger partial charge in [-0.05, 0) is 19.6 Å². The van der Waals surface area contributed by atoms with Crippen molar-refractivity contribution in [3.8, 4) is 0 Å². The van der Waals surface area contributed by atoms with E-state index in [2.05, 4.69) is 0 Å². The molecule has 0 fully saturated rings. The predicted octanol–water partition coefficient (Wildman–Crippen LogP) is 0.737. The zero-order valence-corrected chi connectivity index (χ0v) is 11.6. The van der Waals surface area contributed by atoms with Crippen LogP contribution in [-0.4, -0.2) is 49.6 Å². The molecule has 0 saturated heterocycles. The fourth-order valence-corrected chi connectivity index (χ4v) is 3.67. The summed E-state index contributed by atoms with van der Waals surface area (Å²) < 4.78 is 25.4. The number of hydrogen-bond acceptors (Lipinski definition) is 4. The van der Waals surface area contributed by atoms with Crippen molar-refractivity contribution in [2.45, 2.75) is 31.6 Å². The highest BCUT2D eigenvalue weighted by atomic mass is 32.2. The highest BCUT2D eigenvalue weighted by Gasteiger charge is 2.29. The maximum absolute atomic E-state index is 12.0. The molecule has 2 atom stereocenters. The summed E-state index contributed by atoms with van der Waals surface area (Å²) >= 11 is 1.66. The maximum atomic E-state index is 12.0. The second-order valence-electron chi connectivity index (χ2n) is 3.62. The Bertz CT molecular complexity index is 267. The van der Waals surface area contributed by atoms with E-state index >= 15 is 0 Å². The highest BCUT2D eigenvalue weighted by molar-refractivity contribution is 7.98. The van der Waals surface area contributed by atoms with Gasteiger partial charge in [-0.15, -0.1) is 0 Å². The molecule has 2 unspecified atom stereocenters. The van der Waals surface area contributed by atoms with Crippen LogP contribution in [0.3, 0.4) is 0 Å². The van der Waals surface area contributed by atoms with Gasteiger partial charge in [0.15, 0.2) is 0 Å². The van der Waals surface area contributed by atoms with Crippen LogP contribution in [0, 0.1) is 0 Å². The van der Waals surface area contributed by atoms with Crippen molar-refractivity contribution >= 4 is 21.8 Å². The maximum Gasteiger partial charge on any atom is 0.217 e. The SMILES string of the molecule is CCC(CSC)N(C)S(=O)(=O)C(C)CN. The van der Waals surface area contributed by atoms with Crippen LogP contribution in [0.5, 0.6) is 0 Å². The Hall–Kier alpha value is 0.220. The second kappa shape index (κ2) is 6.73. The molecule has 0 aromatic carbocycles. The summed E-state index contributed by atoms with van der Waals surface area (Å²) in [6.45, 7) is 3.82. The molecular formula is C9H22N2O2S2. The van der Waals surface area contributed by atoms with Gasteiger partial charge in [0.25, 0.3) is 0 Å². The molecule has 0 radical (unpaired) electrons. The van der Waals surface area contributed by atoms with E-state index in [1.165, 1.54) is 4.31 Å². The summed E-state index contributed by atoms with van der Waals surface area (Å²) in [6, 6.07) is 0.0685. The topological polar surface area (TPSA) is 63.4 Å². The van der Waals surface area contributed by atoms with Crippen molar-refractivity contribution < 1.29 is 8.42 Å². The summed E-state index contributed by atoms with van der Waals surface area (Å²) in [5.74, 6) is 0.823. The van der Waals surface area contributed by atoms with Crippen molar-refractivity contribution in [2.75, 3.05) is 25.6 Å². The molecule has 0 aliphatic heterocycles. The highest BCUT2D eigenvalue weighted by Crippen LogP contribution is 2.15. The first-order chi connectivity index (χ1) is 6.91. The molecule has 0 aliphatic carbocycles. The molecular weight excluding hydrogens is 232 g/mol. The van der Waals surface area contributed by atoms with E-state index in [0.29, 0.717) is 0 Å². The van der Waals surface area contributed by atoms with E-state index in [9.17, 15) is 8.42 Å².